The lowest BCUT2D eigenvalue weighted by atomic mass is 10.2. The molecule has 26 heavy (non-hydrogen) atoms. The first-order valence-electron chi connectivity index (χ1n) is 8.69. The summed E-state index contributed by atoms with van der Waals surface area (Å²) < 4.78 is 2.13. The second-order valence-electron chi connectivity index (χ2n) is 6.19. The van der Waals surface area contributed by atoms with Crippen LogP contribution in [0.15, 0.2) is 40.6 Å². The van der Waals surface area contributed by atoms with Crippen LogP contribution in [-0.4, -0.2) is 26.2 Å². The van der Waals surface area contributed by atoms with E-state index in [0.717, 1.165) is 42.4 Å². The van der Waals surface area contributed by atoms with Gasteiger partial charge in [-0.05, 0) is 24.3 Å². The van der Waals surface area contributed by atoms with E-state index in [1.54, 1.807) is 23.1 Å². The molecular weight excluding hydrogens is 362 g/mol. The van der Waals surface area contributed by atoms with Gasteiger partial charge in [0.1, 0.15) is 22.5 Å². The predicted octanol–water partition coefficient (Wildman–Crippen LogP) is 4.49. The van der Waals surface area contributed by atoms with Gasteiger partial charge in [0.05, 0.1) is 10.6 Å². The topological polar surface area (TPSA) is 57.7 Å². The fraction of sp³-hybridized carbons (Fsp3) is 0.316. The molecule has 0 radical (unpaired) electrons. The largest absolute Gasteiger partial charge is 0.329 e. The zero-order valence-corrected chi connectivity index (χ0v) is 16.0. The summed E-state index contributed by atoms with van der Waals surface area (Å²) in [7, 11) is 0. The molecule has 0 amide bonds. The van der Waals surface area contributed by atoms with Gasteiger partial charge in [-0.2, -0.15) is 5.26 Å². The Kier molecular flexibility index (Phi) is 4.96. The number of thiophene rings is 1. The summed E-state index contributed by atoms with van der Waals surface area (Å²) in [5.41, 5.74) is 1.71. The van der Waals surface area contributed by atoms with Crippen molar-refractivity contribution in [2.75, 3.05) is 6.54 Å². The summed E-state index contributed by atoms with van der Waals surface area (Å²) in [5, 5.41) is 23.8. The van der Waals surface area contributed by atoms with Gasteiger partial charge in [0.25, 0.3) is 0 Å². The fourth-order valence-corrected chi connectivity index (χ4v) is 5.19. The third kappa shape index (κ3) is 3.00. The van der Waals surface area contributed by atoms with Gasteiger partial charge in [-0.25, -0.2) is 0 Å². The number of allylic oxidation sites excluding steroid dienone is 1. The first-order chi connectivity index (χ1) is 12.8. The summed E-state index contributed by atoms with van der Waals surface area (Å²) in [4.78, 5) is 3.34. The maximum Gasteiger partial charge on any atom is 0.177 e. The molecule has 7 heteroatoms. The van der Waals surface area contributed by atoms with Crippen molar-refractivity contribution < 1.29 is 0 Å². The summed E-state index contributed by atoms with van der Waals surface area (Å²) in [6, 6.07) is 6.55. The van der Waals surface area contributed by atoms with Gasteiger partial charge in [0.2, 0.25) is 0 Å². The lowest BCUT2D eigenvalue weighted by Gasteiger charge is -2.22. The van der Waals surface area contributed by atoms with Crippen molar-refractivity contribution in [3.8, 4) is 6.07 Å². The van der Waals surface area contributed by atoms with E-state index in [9.17, 15) is 5.26 Å². The van der Waals surface area contributed by atoms with Crippen LogP contribution in [-0.2, 0) is 13.0 Å². The minimum Gasteiger partial charge on any atom is -0.329 e. The fourth-order valence-electron chi connectivity index (χ4n) is 3.33. The zero-order valence-electron chi connectivity index (χ0n) is 14.4. The van der Waals surface area contributed by atoms with Crippen LogP contribution in [0.1, 0.15) is 35.8 Å². The van der Waals surface area contributed by atoms with E-state index in [4.69, 9.17) is 0 Å². The van der Waals surface area contributed by atoms with E-state index in [2.05, 4.69) is 49.2 Å². The number of aromatic nitrogens is 3. The maximum atomic E-state index is 9.96. The van der Waals surface area contributed by atoms with Gasteiger partial charge < -0.3 is 9.47 Å². The van der Waals surface area contributed by atoms with Crippen molar-refractivity contribution in [3.63, 3.8) is 0 Å². The highest BCUT2D eigenvalue weighted by molar-refractivity contribution is 8.06. The van der Waals surface area contributed by atoms with Crippen LogP contribution in [0.5, 0.6) is 0 Å². The number of nitrogens with zero attached hydrogens (tertiary/aromatic N) is 5. The number of hydrogen-bond acceptors (Lipinski definition) is 6. The molecule has 0 aromatic carbocycles. The minimum atomic E-state index is 0.598. The quantitative estimate of drug-likeness (QED) is 0.577. The monoisotopic (exact) mass is 381 g/mol. The van der Waals surface area contributed by atoms with E-state index >= 15 is 0 Å². The number of thioether (sulfide) groups is 1. The first kappa shape index (κ1) is 17.1. The number of rotatable bonds is 4. The molecule has 0 bridgehead atoms. The Labute approximate surface area is 161 Å². The molecule has 0 unspecified atom stereocenters. The van der Waals surface area contributed by atoms with Crippen LogP contribution in [0.4, 0.5) is 0 Å². The van der Waals surface area contributed by atoms with Crippen molar-refractivity contribution in [1.82, 2.24) is 19.7 Å². The number of hydrogen-bond donors (Lipinski definition) is 0. The molecule has 132 valence electrons. The Morgan fingerprint density at radius 3 is 3.04 bits per heavy atom. The van der Waals surface area contributed by atoms with Crippen molar-refractivity contribution in [2.45, 2.75) is 32.2 Å². The Balaban J connectivity index is 1.78. The molecule has 0 saturated carbocycles. The highest BCUT2D eigenvalue weighted by atomic mass is 32.2. The molecule has 0 N–H and O–H groups in total. The standard InChI is InChI=1S/C19H19N5S2/c1-2-9-23-15(16-7-6-11-25-16)13-26-19(23)14(12-20)18-22-21-17-8-4-3-5-10-24(17)18/h2,6-7,11,13H,1,3-5,8-10H2. The van der Waals surface area contributed by atoms with Gasteiger partial charge in [0.15, 0.2) is 5.82 Å². The molecule has 0 saturated heterocycles. The van der Waals surface area contributed by atoms with Gasteiger partial charge >= 0.3 is 0 Å². The van der Waals surface area contributed by atoms with Crippen LogP contribution in [0.3, 0.4) is 0 Å². The van der Waals surface area contributed by atoms with E-state index in [1.165, 1.54) is 11.3 Å². The van der Waals surface area contributed by atoms with E-state index < -0.39 is 0 Å². The van der Waals surface area contributed by atoms with Crippen LogP contribution in [0.25, 0.3) is 11.3 Å². The Morgan fingerprint density at radius 1 is 1.35 bits per heavy atom. The summed E-state index contributed by atoms with van der Waals surface area (Å²) in [6.45, 7) is 5.42. The smallest absolute Gasteiger partial charge is 0.177 e. The van der Waals surface area contributed by atoms with Gasteiger partial charge in [0, 0.05) is 24.9 Å². The van der Waals surface area contributed by atoms with Crippen LogP contribution in [0.2, 0.25) is 0 Å². The molecule has 4 rings (SSSR count). The zero-order chi connectivity index (χ0) is 17.9. The lowest BCUT2D eigenvalue weighted by molar-refractivity contribution is 0.587. The van der Waals surface area contributed by atoms with Crippen molar-refractivity contribution in [1.29, 1.82) is 5.26 Å². The Morgan fingerprint density at radius 2 is 2.27 bits per heavy atom. The first-order valence-corrected chi connectivity index (χ1v) is 10.5. The molecule has 5 nitrogen and oxygen atoms in total. The average molecular weight is 382 g/mol. The summed E-state index contributed by atoms with van der Waals surface area (Å²) in [5.74, 6) is 1.69. The van der Waals surface area contributed by atoms with Crippen LogP contribution < -0.4 is 0 Å². The van der Waals surface area contributed by atoms with Crippen LogP contribution >= 0.6 is 23.1 Å². The molecule has 0 spiro atoms. The van der Waals surface area contributed by atoms with Crippen molar-refractivity contribution in [3.05, 3.63) is 57.1 Å². The van der Waals surface area contributed by atoms with Crippen molar-refractivity contribution >= 4 is 34.4 Å². The van der Waals surface area contributed by atoms with E-state index in [-0.39, 0.29) is 0 Å². The van der Waals surface area contributed by atoms with Gasteiger partial charge in [-0.1, -0.05) is 30.3 Å². The molecule has 2 aliphatic heterocycles. The number of aryl methyl sites for hydroxylation is 1. The normalized spacial score (nSPS) is 18.7. The van der Waals surface area contributed by atoms with Gasteiger partial charge in [-0.15, -0.1) is 28.1 Å². The average Bonchev–Trinajstić information content (AvgIpc) is 3.36. The molecule has 0 atom stereocenters. The maximum absolute atomic E-state index is 9.96. The van der Waals surface area contributed by atoms with Crippen molar-refractivity contribution in [2.24, 2.45) is 0 Å². The Bertz CT molecular complexity index is 914. The molecule has 4 heterocycles. The molecule has 2 aromatic heterocycles. The minimum absolute atomic E-state index is 0.598. The second-order valence-corrected chi connectivity index (χ2v) is 8.00. The summed E-state index contributed by atoms with van der Waals surface area (Å²) >= 11 is 3.28. The van der Waals surface area contributed by atoms with Crippen LogP contribution in [0, 0.1) is 11.3 Å². The van der Waals surface area contributed by atoms with Gasteiger partial charge in [-0.3, -0.25) is 0 Å². The summed E-state index contributed by atoms with van der Waals surface area (Å²) in [6.07, 6.45) is 6.24. The molecule has 0 fully saturated rings. The predicted molar refractivity (Wildman–Crippen MR) is 107 cm³/mol. The van der Waals surface area contributed by atoms with E-state index in [1.807, 2.05) is 12.1 Å². The third-order valence-corrected chi connectivity index (χ3v) is 6.44. The molecular formula is C19H19N5S2. The lowest BCUT2D eigenvalue weighted by Crippen LogP contribution is -2.18. The Hall–Kier alpha value is -2.30. The number of nitriles is 1. The molecule has 2 aliphatic rings. The highest BCUT2D eigenvalue weighted by Gasteiger charge is 2.29. The molecule has 2 aromatic rings. The molecule has 0 aliphatic carbocycles. The second kappa shape index (κ2) is 7.52. The SMILES string of the molecule is C=CCN1C(c2cccs2)=CSC1=C(C#N)c1nnc2n1CCCCC2. The number of fused-ring (bicyclic) bond motifs is 1. The highest BCUT2D eigenvalue weighted by Crippen LogP contribution is 2.44. The third-order valence-electron chi connectivity index (χ3n) is 4.56. The van der Waals surface area contributed by atoms with E-state index in [0.29, 0.717) is 17.9 Å².